The number of nitrogens with zero attached hydrogens (tertiary/aromatic N) is 2. The summed E-state index contributed by atoms with van der Waals surface area (Å²) in [5.41, 5.74) is 2.45. The predicted octanol–water partition coefficient (Wildman–Crippen LogP) is 6.36. The Hall–Kier alpha value is -2.46. The van der Waals surface area contributed by atoms with Gasteiger partial charge in [0.1, 0.15) is 11.9 Å². The molecule has 1 aliphatic rings. The molecule has 4 nitrogen and oxygen atoms in total. The zero-order valence-corrected chi connectivity index (χ0v) is 18.1. The highest BCUT2D eigenvalue weighted by molar-refractivity contribution is 6.30. The molecule has 30 heavy (non-hydrogen) atoms. The van der Waals surface area contributed by atoms with E-state index in [4.69, 9.17) is 16.3 Å². The fourth-order valence-corrected chi connectivity index (χ4v) is 4.23. The number of anilines is 1. The Morgan fingerprint density at radius 3 is 2.50 bits per heavy atom. The third-order valence-corrected chi connectivity index (χ3v) is 6.03. The molecule has 1 N–H and O–H groups in total. The van der Waals surface area contributed by atoms with Gasteiger partial charge in [0.15, 0.2) is 0 Å². The largest absolute Gasteiger partial charge is 0.489 e. The van der Waals surface area contributed by atoms with Crippen LogP contribution in [-0.2, 0) is 13.0 Å². The van der Waals surface area contributed by atoms with Crippen LogP contribution in [0.4, 0.5) is 5.69 Å². The standard InChI is InChI=1S/C25H30ClN3O/c26-21-9-6-20(7-10-21)8-13-25(18-29-17-16-27-19-29)30-24-14-11-23(12-15-24)28-22-4-2-1-3-5-22/h6-7,9-12,14-17,19,22,25,28H,1-5,8,13,18H2. The van der Waals surface area contributed by atoms with Crippen molar-refractivity contribution in [3.8, 4) is 5.75 Å². The fourth-order valence-electron chi connectivity index (χ4n) is 4.10. The van der Waals surface area contributed by atoms with Gasteiger partial charge in [-0.15, -0.1) is 0 Å². The van der Waals surface area contributed by atoms with Crippen LogP contribution in [0.1, 0.15) is 44.1 Å². The van der Waals surface area contributed by atoms with Gasteiger partial charge in [-0.3, -0.25) is 0 Å². The van der Waals surface area contributed by atoms with E-state index in [-0.39, 0.29) is 6.10 Å². The van der Waals surface area contributed by atoms with Gasteiger partial charge in [-0.05, 0) is 67.6 Å². The van der Waals surface area contributed by atoms with Gasteiger partial charge in [-0.2, -0.15) is 0 Å². The van der Waals surface area contributed by atoms with E-state index in [0.29, 0.717) is 6.04 Å². The van der Waals surface area contributed by atoms with Crippen LogP contribution in [0.15, 0.2) is 67.3 Å². The Balaban J connectivity index is 1.36. The van der Waals surface area contributed by atoms with Gasteiger partial charge < -0.3 is 14.6 Å². The van der Waals surface area contributed by atoms with Crippen LogP contribution in [-0.4, -0.2) is 21.7 Å². The maximum atomic E-state index is 6.38. The number of aromatic nitrogens is 2. The molecule has 1 unspecified atom stereocenters. The van der Waals surface area contributed by atoms with E-state index in [1.165, 1.54) is 43.4 Å². The molecule has 1 atom stereocenters. The summed E-state index contributed by atoms with van der Waals surface area (Å²) in [5, 5.41) is 4.44. The van der Waals surface area contributed by atoms with Crippen molar-refractivity contribution in [3.63, 3.8) is 0 Å². The molecular formula is C25H30ClN3O. The molecule has 1 fully saturated rings. The van der Waals surface area contributed by atoms with Crippen LogP contribution in [0.5, 0.6) is 5.75 Å². The highest BCUT2D eigenvalue weighted by atomic mass is 35.5. The molecule has 3 aromatic rings. The van der Waals surface area contributed by atoms with Crippen molar-refractivity contribution < 1.29 is 4.74 Å². The Kier molecular flexibility index (Phi) is 7.30. The van der Waals surface area contributed by atoms with Gasteiger partial charge in [0.25, 0.3) is 0 Å². The number of ether oxygens (including phenoxy) is 1. The van der Waals surface area contributed by atoms with Crippen molar-refractivity contribution in [2.75, 3.05) is 5.32 Å². The quantitative estimate of drug-likeness (QED) is 0.435. The first-order chi connectivity index (χ1) is 14.7. The van der Waals surface area contributed by atoms with Gasteiger partial charge in [0, 0.05) is 29.1 Å². The fraction of sp³-hybridized carbons (Fsp3) is 0.400. The number of benzene rings is 2. The maximum absolute atomic E-state index is 6.38. The number of hydrogen-bond donors (Lipinski definition) is 1. The van der Waals surface area contributed by atoms with E-state index >= 15 is 0 Å². The van der Waals surface area contributed by atoms with Gasteiger partial charge in [0.05, 0.1) is 12.9 Å². The number of imidazole rings is 1. The lowest BCUT2D eigenvalue weighted by Crippen LogP contribution is -2.24. The Bertz CT molecular complexity index is 872. The van der Waals surface area contributed by atoms with E-state index in [9.17, 15) is 0 Å². The van der Waals surface area contributed by atoms with Gasteiger partial charge in [0.2, 0.25) is 0 Å². The minimum Gasteiger partial charge on any atom is -0.489 e. The predicted molar refractivity (Wildman–Crippen MR) is 123 cm³/mol. The molecule has 0 saturated heterocycles. The summed E-state index contributed by atoms with van der Waals surface area (Å²) in [4.78, 5) is 4.16. The minimum absolute atomic E-state index is 0.0621. The molecule has 4 rings (SSSR count). The Morgan fingerprint density at radius 1 is 1.03 bits per heavy atom. The van der Waals surface area contributed by atoms with Crippen molar-refractivity contribution in [1.82, 2.24) is 9.55 Å². The third kappa shape index (κ3) is 6.27. The van der Waals surface area contributed by atoms with Crippen molar-refractivity contribution in [3.05, 3.63) is 77.8 Å². The van der Waals surface area contributed by atoms with Crippen LogP contribution in [0.25, 0.3) is 0 Å². The molecule has 0 aliphatic heterocycles. The van der Waals surface area contributed by atoms with Crippen LogP contribution in [0.3, 0.4) is 0 Å². The second-order valence-electron chi connectivity index (χ2n) is 8.17. The lowest BCUT2D eigenvalue weighted by atomic mass is 9.95. The molecule has 0 bridgehead atoms. The zero-order chi connectivity index (χ0) is 20.6. The van der Waals surface area contributed by atoms with E-state index in [1.54, 1.807) is 0 Å². The van der Waals surface area contributed by atoms with Crippen molar-refractivity contribution in [2.24, 2.45) is 0 Å². The number of nitrogens with one attached hydrogen (secondary N) is 1. The van der Waals surface area contributed by atoms with Gasteiger partial charge in [-0.25, -0.2) is 4.98 Å². The molecule has 1 heterocycles. The molecule has 5 heteroatoms. The minimum atomic E-state index is 0.0621. The molecule has 0 spiro atoms. The number of hydrogen-bond acceptors (Lipinski definition) is 3. The van der Waals surface area contributed by atoms with Crippen LogP contribution in [0.2, 0.25) is 5.02 Å². The summed E-state index contributed by atoms with van der Waals surface area (Å²) in [5.74, 6) is 0.908. The van der Waals surface area contributed by atoms with E-state index in [0.717, 1.165) is 30.2 Å². The normalized spacial score (nSPS) is 15.6. The second kappa shape index (κ2) is 10.5. The number of rotatable bonds is 9. The van der Waals surface area contributed by atoms with Crippen molar-refractivity contribution in [1.29, 1.82) is 0 Å². The zero-order valence-electron chi connectivity index (χ0n) is 17.3. The number of aryl methyl sites for hydroxylation is 1. The molecule has 2 aromatic carbocycles. The van der Waals surface area contributed by atoms with Crippen molar-refractivity contribution >= 4 is 17.3 Å². The summed E-state index contributed by atoms with van der Waals surface area (Å²) >= 11 is 6.01. The van der Waals surface area contributed by atoms with E-state index in [2.05, 4.69) is 51.3 Å². The first-order valence-corrected chi connectivity index (χ1v) is 11.4. The summed E-state index contributed by atoms with van der Waals surface area (Å²) in [6.07, 6.45) is 14.1. The average Bonchev–Trinajstić information content (AvgIpc) is 3.28. The number of halogens is 1. The smallest absolute Gasteiger partial charge is 0.119 e. The molecule has 1 aliphatic carbocycles. The summed E-state index contributed by atoms with van der Waals surface area (Å²) in [6, 6.07) is 17.1. The SMILES string of the molecule is Clc1ccc(CCC(Cn2ccnc2)Oc2ccc(NC3CCCCC3)cc2)cc1. The highest BCUT2D eigenvalue weighted by Crippen LogP contribution is 2.24. The third-order valence-electron chi connectivity index (χ3n) is 5.77. The van der Waals surface area contributed by atoms with Crippen molar-refractivity contribution in [2.45, 2.75) is 63.6 Å². The summed E-state index contributed by atoms with van der Waals surface area (Å²) in [7, 11) is 0. The molecule has 1 saturated carbocycles. The molecule has 158 valence electrons. The molecule has 0 radical (unpaired) electrons. The maximum Gasteiger partial charge on any atom is 0.119 e. The van der Waals surface area contributed by atoms with Gasteiger partial charge in [-0.1, -0.05) is 43.0 Å². The molecular weight excluding hydrogens is 394 g/mol. The lowest BCUT2D eigenvalue weighted by Gasteiger charge is -2.24. The first-order valence-electron chi connectivity index (χ1n) is 11.0. The topological polar surface area (TPSA) is 39.1 Å². The van der Waals surface area contributed by atoms with E-state index in [1.807, 2.05) is 30.9 Å². The second-order valence-corrected chi connectivity index (χ2v) is 8.60. The van der Waals surface area contributed by atoms with Crippen LogP contribution < -0.4 is 10.1 Å². The monoisotopic (exact) mass is 423 g/mol. The summed E-state index contributed by atoms with van der Waals surface area (Å²) < 4.78 is 8.45. The lowest BCUT2D eigenvalue weighted by molar-refractivity contribution is 0.170. The summed E-state index contributed by atoms with van der Waals surface area (Å²) in [6.45, 7) is 0.773. The molecule has 1 aromatic heterocycles. The highest BCUT2D eigenvalue weighted by Gasteiger charge is 2.14. The average molecular weight is 424 g/mol. The van der Waals surface area contributed by atoms with Crippen LogP contribution in [0, 0.1) is 0 Å². The Morgan fingerprint density at radius 2 is 1.80 bits per heavy atom. The van der Waals surface area contributed by atoms with Gasteiger partial charge >= 0.3 is 0 Å². The van der Waals surface area contributed by atoms with Crippen LogP contribution >= 0.6 is 11.6 Å². The Labute approximate surface area is 184 Å². The van der Waals surface area contributed by atoms with E-state index < -0.39 is 0 Å². The first kappa shape index (κ1) is 20.8. The molecule has 0 amide bonds.